The van der Waals surface area contributed by atoms with Gasteiger partial charge in [0.25, 0.3) is 0 Å². The summed E-state index contributed by atoms with van der Waals surface area (Å²) < 4.78 is 0.746. The molecule has 0 unspecified atom stereocenters. The molecular formula is C19H19ClN4OS2. The van der Waals surface area contributed by atoms with Gasteiger partial charge in [-0.25, -0.2) is 0 Å². The van der Waals surface area contributed by atoms with Gasteiger partial charge in [-0.3, -0.25) is 4.79 Å². The van der Waals surface area contributed by atoms with Crippen molar-refractivity contribution in [1.29, 1.82) is 0 Å². The average Bonchev–Trinajstić information content (AvgIpc) is 3.09. The number of aryl methyl sites for hydroxylation is 1. The fourth-order valence-corrected chi connectivity index (χ4v) is 4.13. The summed E-state index contributed by atoms with van der Waals surface area (Å²) in [5.41, 5.74) is 3.13. The fourth-order valence-electron chi connectivity index (χ4n) is 2.35. The monoisotopic (exact) mass is 418 g/mol. The summed E-state index contributed by atoms with van der Waals surface area (Å²) in [5.74, 6) is 0.222. The fraction of sp³-hybridized carbons (Fsp3) is 0.211. The summed E-state index contributed by atoms with van der Waals surface area (Å²) in [6.07, 6.45) is 0. The van der Waals surface area contributed by atoms with Gasteiger partial charge in [-0.05, 0) is 43.7 Å². The minimum absolute atomic E-state index is 0.0595. The molecule has 3 rings (SSSR count). The molecule has 27 heavy (non-hydrogen) atoms. The molecule has 0 fully saturated rings. The third-order valence-corrected chi connectivity index (χ3v) is 5.97. The van der Waals surface area contributed by atoms with Gasteiger partial charge in [0.15, 0.2) is 4.34 Å². The van der Waals surface area contributed by atoms with Gasteiger partial charge in [0, 0.05) is 10.7 Å². The third-order valence-electron chi connectivity index (χ3n) is 3.76. The lowest BCUT2D eigenvalue weighted by Crippen LogP contribution is -2.28. The molecule has 0 aliphatic carbocycles. The van der Waals surface area contributed by atoms with E-state index in [4.69, 9.17) is 11.6 Å². The molecule has 5 nitrogen and oxygen atoms in total. The molecule has 8 heteroatoms. The van der Waals surface area contributed by atoms with Crippen molar-refractivity contribution in [1.82, 2.24) is 15.5 Å². The SMILES string of the molecule is Cc1ccc(Nc2nnc(SCC(=O)N[C@@H](C)c3cccc(Cl)c3)s2)cc1. The molecule has 0 spiro atoms. The molecule has 0 aliphatic heterocycles. The summed E-state index contributed by atoms with van der Waals surface area (Å²) in [6, 6.07) is 15.4. The highest BCUT2D eigenvalue weighted by Gasteiger charge is 2.12. The van der Waals surface area contributed by atoms with Crippen LogP contribution in [0.5, 0.6) is 0 Å². The zero-order valence-corrected chi connectivity index (χ0v) is 17.3. The van der Waals surface area contributed by atoms with Crippen LogP contribution in [0.15, 0.2) is 52.9 Å². The van der Waals surface area contributed by atoms with Crippen LogP contribution in [0.25, 0.3) is 0 Å². The number of thioether (sulfide) groups is 1. The second-order valence-corrected chi connectivity index (χ2v) is 8.63. The van der Waals surface area contributed by atoms with Gasteiger partial charge < -0.3 is 10.6 Å². The van der Waals surface area contributed by atoms with Crippen LogP contribution in [0, 0.1) is 6.92 Å². The van der Waals surface area contributed by atoms with Crippen molar-refractivity contribution in [3.63, 3.8) is 0 Å². The van der Waals surface area contributed by atoms with Crippen molar-refractivity contribution in [2.45, 2.75) is 24.2 Å². The normalized spacial score (nSPS) is 11.8. The maximum absolute atomic E-state index is 12.2. The number of benzene rings is 2. The molecule has 1 aromatic heterocycles. The average molecular weight is 419 g/mol. The van der Waals surface area contributed by atoms with Crippen LogP contribution in [-0.2, 0) is 4.79 Å². The third kappa shape index (κ3) is 5.95. The van der Waals surface area contributed by atoms with E-state index in [1.165, 1.54) is 28.7 Å². The van der Waals surface area contributed by atoms with Gasteiger partial charge in [0.05, 0.1) is 11.8 Å². The molecule has 0 saturated carbocycles. The van der Waals surface area contributed by atoms with E-state index >= 15 is 0 Å². The van der Waals surface area contributed by atoms with Crippen molar-refractivity contribution in [3.8, 4) is 0 Å². The Morgan fingerprint density at radius 2 is 2.00 bits per heavy atom. The van der Waals surface area contributed by atoms with Gasteiger partial charge in [0.2, 0.25) is 11.0 Å². The van der Waals surface area contributed by atoms with Crippen LogP contribution in [0.4, 0.5) is 10.8 Å². The van der Waals surface area contributed by atoms with Crippen LogP contribution in [-0.4, -0.2) is 21.9 Å². The van der Waals surface area contributed by atoms with Crippen LogP contribution in [0.1, 0.15) is 24.1 Å². The number of aromatic nitrogens is 2. The van der Waals surface area contributed by atoms with Gasteiger partial charge >= 0.3 is 0 Å². The first kappa shape index (κ1) is 19.7. The Morgan fingerprint density at radius 1 is 1.22 bits per heavy atom. The quantitative estimate of drug-likeness (QED) is 0.515. The molecule has 140 valence electrons. The van der Waals surface area contributed by atoms with E-state index in [-0.39, 0.29) is 17.7 Å². The van der Waals surface area contributed by atoms with E-state index in [1.807, 2.05) is 62.4 Å². The Balaban J connectivity index is 1.49. The summed E-state index contributed by atoms with van der Waals surface area (Å²) in [7, 11) is 0. The topological polar surface area (TPSA) is 66.9 Å². The summed E-state index contributed by atoms with van der Waals surface area (Å²) in [6.45, 7) is 3.98. The Bertz CT molecular complexity index is 914. The van der Waals surface area contributed by atoms with E-state index < -0.39 is 0 Å². The van der Waals surface area contributed by atoms with Crippen LogP contribution < -0.4 is 10.6 Å². The van der Waals surface area contributed by atoms with E-state index in [1.54, 1.807) is 0 Å². The smallest absolute Gasteiger partial charge is 0.230 e. The highest BCUT2D eigenvalue weighted by molar-refractivity contribution is 8.01. The minimum Gasteiger partial charge on any atom is -0.349 e. The van der Waals surface area contributed by atoms with Gasteiger partial charge in [-0.1, -0.05) is 64.5 Å². The number of amides is 1. The van der Waals surface area contributed by atoms with Gasteiger partial charge in [-0.15, -0.1) is 10.2 Å². The summed E-state index contributed by atoms with van der Waals surface area (Å²) in [4.78, 5) is 12.2. The van der Waals surface area contributed by atoms with Gasteiger partial charge in [0.1, 0.15) is 0 Å². The Kier molecular flexibility index (Phi) is 6.71. The minimum atomic E-state index is -0.106. The van der Waals surface area contributed by atoms with Crippen molar-refractivity contribution >= 4 is 51.4 Å². The van der Waals surface area contributed by atoms with E-state index in [2.05, 4.69) is 20.8 Å². The highest BCUT2D eigenvalue weighted by Crippen LogP contribution is 2.28. The standard InChI is InChI=1S/C19H19ClN4OS2/c1-12-6-8-16(9-7-12)22-18-23-24-19(27-18)26-11-17(25)21-13(2)14-4-3-5-15(20)10-14/h3-10,13H,11H2,1-2H3,(H,21,25)(H,22,23)/t13-/m0/s1. The molecule has 1 amide bonds. The van der Waals surface area contributed by atoms with Crippen LogP contribution in [0.3, 0.4) is 0 Å². The number of carbonyl (C=O) groups is 1. The Hall–Kier alpha value is -2.09. The van der Waals surface area contributed by atoms with Crippen LogP contribution in [0.2, 0.25) is 5.02 Å². The second kappa shape index (κ2) is 9.21. The van der Waals surface area contributed by atoms with Crippen molar-refractivity contribution in [2.75, 3.05) is 11.1 Å². The number of halogens is 1. The first-order valence-electron chi connectivity index (χ1n) is 8.34. The lowest BCUT2D eigenvalue weighted by atomic mass is 10.1. The number of hydrogen-bond acceptors (Lipinski definition) is 6. The maximum atomic E-state index is 12.2. The number of hydrogen-bond donors (Lipinski definition) is 2. The molecular weight excluding hydrogens is 400 g/mol. The molecule has 2 N–H and O–H groups in total. The highest BCUT2D eigenvalue weighted by atomic mass is 35.5. The lowest BCUT2D eigenvalue weighted by Gasteiger charge is -2.14. The molecule has 0 aliphatic rings. The maximum Gasteiger partial charge on any atom is 0.230 e. The largest absolute Gasteiger partial charge is 0.349 e. The zero-order chi connectivity index (χ0) is 19.2. The van der Waals surface area contributed by atoms with Crippen LogP contribution >= 0.6 is 34.7 Å². The summed E-state index contributed by atoms with van der Waals surface area (Å²) in [5, 5.41) is 15.8. The number of anilines is 2. The molecule has 0 bridgehead atoms. The lowest BCUT2D eigenvalue weighted by molar-refractivity contribution is -0.119. The summed E-state index contributed by atoms with van der Waals surface area (Å²) >= 11 is 8.79. The van der Waals surface area contributed by atoms with E-state index in [0.717, 1.165) is 15.6 Å². The molecule has 1 atom stereocenters. The molecule has 0 saturated heterocycles. The van der Waals surface area contributed by atoms with Gasteiger partial charge in [-0.2, -0.15) is 0 Å². The van der Waals surface area contributed by atoms with Crippen molar-refractivity contribution in [2.24, 2.45) is 0 Å². The molecule has 2 aromatic carbocycles. The Labute approximate surface area is 171 Å². The predicted molar refractivity (Wildman–Crippen MR) is 113 cm³/mol. The van der Waals surface area contributed by atoms with E-state index in [9.17, 15) is 4.79 Å². The predicted octanol–water partition coefficient (Wildman–Crippen LogP) is 5.21. The number of carbonyl (C=O) groups excluding carboxylic acids is 1. The number of rotatable bonds is 7. The second-order valence-electron chi connectivity index (χ2n) is 6.00. The first-order valence-corrected chi connectivity index (χ1v) is 10.5. The molecule has 1 heterocycles. The van der Waals surface area contributed by atoms with Crippen molar-refractivity contribution in [3.05, 3.63) is 64.7 Å². The number of nitrogens with one attached hydrogen (secondary N) is 2. The van der Waals surface area contributed by atoms with E-state index in [0.29, 0.717) is 10.2 Å². The first-order chi connectivity index (χ1) is 13.0. The zero-order valence-electron chi connectivity index (χ0n) is 14.9. The van der Waals surface area contributed by atoms with Crippen molar-refractivity contribution < 1.29 is 4.79 Å². The molecule has 3 aromatic rings. The molecule has 0 radical (unpaired) electrons. The Morgan fingerprint density at radius 3 is 2.74 bits per heavy atom. The number of nitrogens with zero attached hydrogens (tertiary/aromatic N) is 2.